The maximum Gasteiger partial charge on any atom is 0.335 e. The zero-order valence-electron chi connectivity index (χ0n) is 22.2. The summed E-state index contributed by atoms with van der Waals surface area (Å²) in [5.74, 6) is 1.75. The lowest BCUT2D eigenvalue weighted by atomic mass is 9.53. The second-order valence-electron chi connectivity index (χ2n) is 11.7. The highest BCUT2D eigenvalue weighted by molar-refractivity contribution is 5.99. The average molecular weight is 525 g/mol. The molecule has 2 bridgehead atoms. The van der Waals surface area contributed by atoms with Crippen LogP contribution < -0.4 is 14.4 Å². The maximum absolute atomic E-state index is 13.5. The number of benzene rings is 1. The van der Waals surface area contributed by atoms with E-state index in [0.717, 1.165) is 43.8 Å². The number of methoxy groups -OCH3 is 2. The monoisotopic (exact) mass is 524 g/mol. The third-order valence-electron chi connectivity index (χ3n) is 10.2. The van der Waals surface area contributed by atoms with Gasteiger partial charge in [-0.2, -0.15) is 0 Å². The van der Waals surface area contributed by atoms with Gasteiger partial charge in [-0.25, -0.2) is 4.79 Å². The number of anilines is 1. The van der Waals surface area contributed by atoms with Gasteiger partial charge in [-0.15, -0.1) is 0 Å². The quantitative estimate of drug-likeness (QED) is 0.464. The van der Waals surface area contributed by atoms with E-state index in [1.54, 1.807) is 19.8 Å². The minimum absolute atomic E-state index is 0.00694. The van der Waals surface area contributed by atoms with Gasteiger partial charge in [-0.05, 0) is 43.4 Å². The Bertz CT molecular complexity index is 1220. The molecule has 9 nitrogen and oxygen atoms in total. The van der Waals surface area contributed by atoms with E-state index < -0.39 is 12.1 Å². The number of aliphatic carboxylic acids is 1. The van der Waals surface area contributed by atoms with Crippen LogP contribution >= 0.6 is 0 Å². The van der Waals surface area contributed by atoms with Crippen molar-refractivity contribution < 1.29 is 33.6 Å². The Hall–Kier alpha value is -2.62. The number of nitrogens with zero attached hydrogens (tertiary/aromatic N) is 2. The fourth-order valence-electron chi connectivity index (χ4n) is 8.74. The fourth-order valence-corrected chi connectivity index (χ4v) is 8.74. The van der Waals surface area contributed by atoms with E-state index in [2.05, 4.69) is 21.9 Å². The van der Waals surface area contributed by atoms with Crippen LogP contribution in [-0.4, -0.2) is 86.2 Å². The standard InChI is InChI=1S/C23H26N2O4.C6H10O3/c1-27-16-8-14-15(9-17(16)28-2)25-20(26)10-18-21-13-7-19-23(14,22(21)25)4-5-24(19)11-12(13)3-6-29-18;1-2-3-4-5(9-4)6(7)8/h3,8-9,13,18-19,21-22H,4-7,10-11H2,1-2H3;4-5H,2-3H2,1H3,(H,7,8)/t13-,18-,19-,21-,22-,23+;4-,5-/m00/s1. The minimum atomic E-state index is -0.826. The summed E-state index contributed by atoms with van der Waals surface area (Å²) in [5, 5.41) is 8.33. The summed E-state index contributed by atoms with van der Waals surface area (Å²) in [6.45, 7) is 4.82. The fraction of sp³-hybridized carbons (Fsp3) is 0.655. The van der Waals surface area contributed by atoms with E-state index in [0.29, 0.717) is 36.7 Å². The van der Waals surface area contributed by atoms with Crippen LogP contribution in [0, 0.1) is 11.8 Å². The molecule has 1 spiro atoms. The predicted molar refractivity (Wildman–Crippen MR) is 138 cm³/mol. The summed E-state index contributed by atoms with van der Waals surface area (Å²) in [5.41, 5.74) is 3.85. The summed E-state index contributed by atoms with van der Waals surface area (Å²) >= 11 is 0. The van der Waals surface area contributed by atoms with Crippen molar-refractivity contribution in [1.82, 2.24) is 4.90 Å². The molecule has 1 amide bonds. The third kappa shape index (κ3) is 3.21. The molecule has 0 aromatic heterocycles. The van der Waals surface area contributed by atoms with Crippen LogP contribution in [0.3, 0.4) is 0 Å². The minimum Gasteiger partial charge on any atom is -0.493 e. The number of piperidine rings is 2. The van der Waals surface area contributed by atoms with Gasteiger partial charge >= 0.3 is 5.97 Å². The van der Waals surface area contributed by atoms with Crippen LogP contribution in [0.25, 0.3) is 0 Å². The molecule has 9 heteroatoms. The Labute approximate surface area is 222 Å². The maximum atomic E-state index is 13.5. The predicted octanol–water partition coefficient (Wildman–Crippen LogP) is 2.75. The van der Waals surface area contributed by atoms with Gasteiger partial charge in [0.2, 0.25) is 5.91 Å². The Morgan fingerprint density at radius 2 is 2.03 bits per heavy atom. The first-order valence-electron chi connectivity index (χ1n) is 13.9. The first-order valence-corrected chi connectivity index (χ1v) is 13.9. The highest BCUT2D eigenvalue weighted by atomic mass is 16.6. The molecule has 0 radical (unpaired) electrons. The number of amides is 1. The topological polar surface area (TPSA) is 101 Å². The number of hydrogen-bond donors (Lipinski definition) is 1. The Kier molecular flexibility index (Phi) is 5.59. The first kappa shape index (κ1) is 24.4. The number of fused-ring (bicyclic) bond motifs is 2. The third-order valence-corrected chi connectivity index (χ3v) is 10.2. The molecule has 8 atom stereocenters. The van der Waals surface area contributed by atoms with Crippen molar-refractivity contribution in [2.45, 2.75) is 74.8 Å². The van der Waals surface area contributed by atoms with Crippen LogP contribution in [0.15, 0.2) is 23.8 Å². The number of carbonyl (C=O) groups excluding carboxylic acids is 1. The number of rotatable bonds is 5. The van der Waals surface area contributed by atoms with E-state index in [1.165, 1.54) is 12.0 Å². The van der Waals surface area contributed by atoms with Crippen LogP contribution in [0.2, 0.25) is 0 Å². The molecule has 7 aliphatic rings. The van der Waals surface area contributed by atoms with Gasteiger partial charge in [0.15, 0.2) is 17.6 Å². The molecule has 38 heavy (non-hydrogen) atoms. The Morgan fingerprint density at radius 3 is 2.74 bits per heavy atom. The average Bonchev–Trinajstić information content (AvgIpc) is 3.54. The van der Waals surface area contributed by atoms with E-state index in [1.807, 2.05) is 13.0 Å². The van der Waals surface area contributed by atoms with Crippen molar-refractivity contribution >= 4 is 17.6 Å². The Morgan fingerprint density at radius 1 is 1.24 bits per heavy atom. The summed E-state index contributed by atoms with van der Waals surface area (Å²) in [6.07, 6.45) is 6.49. The molecule has 0 unspecified atom stereocenters. The van der Waals surface area contributed by atoms with Gasteiger partial charge in [-0.1, -0.05) is 25.0 Å². The van der Waals surface area contributed by atoms with Crippen molar-refractivity contribution in [3.63, 3.8) is 0 Å². The number of hydrogen-bond acceptors (Lipinski definition) is 7. The van der Waals surface area contributed by atoms with Crippen molar-refractivity contribution in [1.29, 1.82) is 0 Å². The van der Waals surface area contributed by atoms with Crippen LogP contribution in [0.5, 0.6) is 11.5 Å². The summed E-state index contributed by atoms with van der Waals surface area (Å²) in [7, 11) is 3.36. The molecule has 6 aliphatic heterocycles. The summed E-state index contributed by atoms with van der Waals surface area (Å²) in [6, 6.07) is 4.87. The van der Waals surface area contributed by atoms with Gasteiger partial charge in [0.25, 0.3) is 0 Å². The lowest BCUT2D eigenvalue weighted by Gasteiger charge is -2.58. The normalized spacial score (nSPS) is 38.9. The number of carboxylic acids is 1. The smallest absolute Gasteiger partial charge is 0.335 e. The van der Waals surface area contributed by atoms with E-state index >= 15 is 0 Å². The van der Waals surface area contributed by atoms with Gasteiger partial charge < -0.3 is 29.0 Å². The zero-order valence-corrected chi connectivity index (χ0v) is 22.2. The van der Waals surface area contributed by atoms with E-state index in [9.17, 15) is 9.59 Å². The second-order valence-corrected chi connectivity index (χ2v) is 11.7. The molecule has 5 fully saturated rings. The second kappa shape index (κ2) is 8.69. The van der Waals surface area contributed by atoms with Crippen molar-refractivity contribution in [2.75, 3.05) is 38.8 Å². The van der Waals surface area contributed by atoms with Crippen LogP contribution in [-0.2, 0) is 24.5 Å². The summed E-state index contributed by atoms with van der Waals surface area (Å²) in [4.78, 5) is 28.4. The van der Waals surface area contributed by atoms with Crippen molar-refractivity contribution in [3.05, 3.63) is 29.3 Å². The number of carboxylic acid groups (broad SMARTS) is 1. The lowest BCUT2D eigenvalue weighted by Crippen LogP contribution is -2.69. The molecular formula is C29H36N2O7. The molecule has 1 aromatic rings. The van der Waals surface area contributed by atoms with Gasteiger partial charge in [0, 0.05) is 30.0 Å². The molecule has 1 saturated carbocycles. The summed E-state index contributed by atoms with van der Waals surface area (Å²) < 4.78 is 22.4. The van der Waals surface area contributed by atoms with Gasteiger partial charge in [0.1, 0.15) is 0 Å². The number of ether oxygens (including phenoxy) is 4. The van der Waals surface area contributed by atoms with Crippen LogP contribution in [0.1, 0.15) is 44.6 Å². The first-order chi connectivity index (χ1) is 18.4. The number of carbonyl (C=O) groups is 2. The molecule has 8 rings (SSSR count). The van der Waals surface area contributed by atoms with Gasteiger partial charge in [0.05, 0.1) is 51.2 Å². The highest BCUT2D eigenvalue weighted by Gasteiger charge is 2.71. The zero-order chi connectivity index (χ0) is 26.3. The number of epoxide rings is 1. The molecule has 204 valence electrons. The van der Waals surface area contributed by atoms with Crippen molar-refractivity contribution in [2.24, 2.45) is 11.8 Å². The molecule has 6 heterocycles. The Balaban J connectivity index is 0.000000231. The van der Waals surface area contributed by atoms with Gasteiger partial charge in [-0.3, -0.25) is 9.69 Å². The van der Waals surface area contributed by atoms with Crippen molar-refractivity contribution in [3.8, 4) is 11.5 Å². The largest absolute Gasteiger partial charge is 0.493 e. The van der Waals surface area contributed by atoms with E-state index in [-0.39, 0.29) is 29.6 Å². The molecular weight excluding hydrogens is 488 g/mol. The molecule has 1 N–H and O–H groups in total. The molecule has 1 aliphatic carbocycles. The lowest BCUT2D eigenvalue weighted by molar-refractivity contribution is -0.138. The molecule has 1 aromatic carbocycles. The SMILES string of the molecule is CCC[C@@H]1O[C@@H]1C(=O)O.COc1cc2c(cc1OC)[C@@]13CCN4CC5=CCO[C@H]6CC(=O)N2[C@H]1[C@H]6[C@H]5C[C@H]43. The molecule has 4 saturated heterocycles. The highest BCUT2D eigenvalue weighted by Crippen LogP contribution is 2.66. The van der Waals surface area contributed by atoms with Crippen LogP contribution in [0.4, 0.5) is 5.69 Å². The van der Waals surface area contributed by atoms with E-state index in [4.69, 9.17) is 24.1 Å².